The number of methoxy groups -OCH3 is 1. The van der Waals surface area contributed by atoms with Gasteiger partial charge in [-0.25, -0.2) is 4.79 Å². The Labute approximate surface area is 182 Å². The van der Waals surface area contributed by atoms with E-state index in [1.165, 1.54) is 18.2 Å². The van der Waals surface area contributed by atoms with Gasteiger partial charge in [0.25, 0.3) is 5.91 Å². The van der Waals surface area contributed by atoms with Crippen LogP contribution in [0.3, 0.4) is 0 Å². The number of rotatable bonds is 4. The minimum atomic E-state index is -0.422. The summed E-state index contributed by atoms with van der Waals surface area (Å²) in [4.78, 5) is 24.7. The molecule has 0 saturated heterocycles. The number of anilines is 1. The molecule has 0 aromatic heterocycles. The van der Waals surface area contributed by atoms with Gasteiger partial charge in [0.15, 0.2) is 0 Å². The second-order valence-electron chi connectivity index (χ2n) is 8.09. The highest BCUT2D eigenvalue weighted by atomic mass is 16.5. The molecule has 1 aliphatic carbocycles. The van der Waals surface area contributed by atoms with Gasteiger partial charge >= 0.3 is 6.09 Å². The molecule has 158 valence electrons. The third-order valence-corrected chi connectivity index (χ3v) is 5.69. The number of fused-ring (bicyclic) bond motifs is 1. The van der Waals surface area contributed by atoms with Crippen molar-refractivity contribution in [1.29, 1.82) is 0 Å². The Bertz CT molecular complexity index is 1140. The van der Waals surface area contributed by atoms with Crippen molar-refractivity contribution in [2.24, 2.45) is 0 Å². The largest absolute Gasteiger partial charge is 0.453 e. The van der Waals surface area contributed by atoms with Crippen molar-refractivity contribution in [3.63, 3.8) is 0 Å². The van der Waals surface area contributed by atoms with Crippen LogP contribution in [0.25, 0.3) is 11.1 Å². The molecule has 3 aromatic rings. The predicted molar refractivity (Wildman–Crippen MR) is 122 cm³/mol. The van der Waals surface area contributed by atoms with Crippen molar-refractivity contribution in [2.45, 2.75) is 32.7 Å². The lowest BCUT2D eigenvalue weighted by atomic mass is 9.96. The first-order chi connectivity index (χ1) is 14.9. The topological polar surface area (TPSA) is 67.4 Å². The number of carbonyl (C=O) groups excluding carboxylic acids is 2. The molecule has 5 heteroatoms. The average molecular weight is 415 g/mol. The summed E-state index contributed by atoms with van der Waals surface area (Å²) in [6, 6.07) is 20.1. The SMILES string of the molecule is COC(=O)N[C@H]1Cc2ccc(NC(=O)c3cc(C)ccc3-c3ccc(C)cc3)cc2C1. The van der Waals surface area contributed by atoms with E-state index in [2.05, 4.69) is 22.8 Å². The number of ether oxygens (including phenoxy) is 1. The summed E-state index contributed by atoms with van der Waals surface area (Å²) in [6.45, 7) is 4.03. The van der Waals surface area contributed by atoms with E-state index in [4.69, 9.17) is 4.74 Å². The molecule has 31 heavy (non-hydrogen) atoms. The van der Waals surface area contributed by atoms with E-state index in [0.717, 1.165) is 34.4 Å². The Morgan fingerprint density at radius 3 is 2.32 bits per heavy atom. The van der Waals surface area contributed by atoms with E-state index in [-0.39, 0.29) is 11.9 Å². The van der Waals surface area contributed by atoms with E-state index in [1.807, 2.05) is 62.4 Å². The monoisotopic (exact) mass is 414 g/mol. The molecule has 5 nitrogen and oxygen atoms in total. The lowest BCUT2D eigenvalue weighted by molar-refractivity contribution is 0.102. The molecular formula is C26H26N2O3. The van der Waals surface area contributed by atoms with E-state index in [0.29, 0.717) is 12.0 Å². The van der Waals surface area contributed by atoms with Gasteiger partial charge in [-0.3, -0.25) is 4.79 Å². The normalized spacial score (nSPS) is 14.6. The Kier molecular flexibility index (Phi) is 5.76. The molecule has 3 aromatic carbocycles. The van der Waals surface area contributed by atoms with Gasteiger partial charge in [-0.05, 0) is 67.1 Å². The summed E-state index contributed by atoms with van der Waals surface area (Å²) in [5, 5.41) is 5.90. The van der Waals surface area contributed by atoms with Gasteiger partial charge in [-0.15, -0.1) is 0 Å². The molecule has 0 saturated carbocycles. The number of benzene rings is 3. The zero-order valence-corrected chi connectivity index (χ0v) is 18.0. The summed E-state index contributed by atoms with van der Waals surface area (Å²) in [7, 11) is 1.36. The highest BCUT2D eigenvalue weighted by Gasteiger charge is 2.24. The summed E-state index contributed by atoms with van der Waals surface area (Å²) >= 11 is 0. The van der Waals surface area contributed by atoms with Crippen LogP contribution < -0.4 is 10.6 Å². The van der Waals surface area contributed by atoms with E-state index < -0.39 is 6.09 Å². The van der Waals surface area contributed by atoms with Gasteiger partial charge < -0.3 is 15.4 Å². The first kappa shape index (κ1) is 20.7. The van der Waals surface area contributed by atoms with Crippen LogP contribution in [-0.4, -0.2) is 25.2 Å². The van der Waals surface area contributed by atoms with Crippen LogP contribution in [-0.2, 0) is 17.6 Å². The molecular weight excluding hydrogens is 388 g/mol. The van der Waals surface area contributed by atoms with Crippen molar-refractivity contribution in [1.82, 2.24) is 5.32 Å². The molecule has 4 rings (SSSR count). The summed E-state index contributed by atoms with van der Waals surface area (Å²) in [5.74, 6) is -0.138. The fourth-order valence-electron chi connectivity index (χ4n) is 4.05. The highest BCUT2D eigenvalue weighted by Crippen LogP contribution is 2.28. The van der Waals surface area contributed by atoms with Gasteiger partial charge in [0.2, 0.25) is 0 Å². The molecule has 1 aliphatic rings. The maximum absolute atomic E-state index is 13.2. The number of aryl methyl sites for hydroxylation is 2. The third kappa shape index (κ3) is 4.61. The lowest BCUT2D eigenvalue weighted by Crippen LogP contribution is -2.35. The van der Waals surface area contributed by atoms with E-state index in [1.54, 1.807) is 0 Å². The number of hydrogen-bond acceptors (Lipinski definition) is 3. The number of amides is 2. The second-order valence-corrected chi connectivity index (χ2v) is 8.09. The van der Waals surface area contributed by atoms with Crippen LogP contribution in [0, 0.1) is 13.8 Å². The fourth-order valence-corrected chi connectivity index (χ4v) is 4.05. The summed E-state index contributed by atoms with van der Waals surface area (Å²) < 4.78 is 4.69. The molecule has 0 bridgehead atoms. The maximum atomic E-state index is 13.2. The van der Waals surface area contributed by atoms with E-state index >= 15 is 0 Å². The zero-order chi connectivity index (χ0) is 22.0. The summed E-state index contributed by atoms with van der Waals surface area (Å²) in [5.41, 5.74) is 7.84. The van der Waals surface area contributed by atoms with Gasteiger partial charge in [0.1, 0.15) is 0 Å². The number of nitrogens with one attached hydrogen (secondary N) is 2. The van der Waals surface area contributed by atoms with Crippen LogP contribution in [0.15, 0.2) is 60.7 Å². The van der Waals surface area contributed by atoms with Crippen LogP contribution in [0.2, 0.25) is 0 Å². The van der Waals surface area contributed by atoms with Gasteiger partial charge in [-0.2, -0.15) is 0 Å². The summed E-state index contributed by atoms with van der Waals surface area (Å²) in [6.07, 6.45) is 1.05. The Morgan fingerprint density at radius 1 is 0.871 bits per heavy atom. The Balaban J connectivity index is 1.55. The first-order valence-corrected chi connectivity index (χ1v) is 10.4. The number of carbonyl (C=O) groups is 2. The van der Waals surface area contributed by atoms with Crippen LogP contribution in [0.5, 0.6) is 0 Å². The average Bonchev–Trinajstić information content (AvgIpc) is 3.15. The molecule has 0 aliphatic heterocycles. The minimum Gasteiger partial charge on any atom is -0.453 e. The number of hydrogen-bond donors (Lipinski definition) is 2. The fraction of sp³-hybridized carbons (Fsp3) is 0.231. The van der Waals surface area contributed by atoms with Crippen molar-refractivity contribution < 1.29 is 14.3 Å². The Hall–Kier alpha value is -3.60. The highest BCUT2D eigenvalue weighted by molar-refractivity contribution is 6.09. The first-order valence-electron chi connectivity index (χ1n) is 10.4. The van der Waals surface area contributed by atoms with Crippen molar-refractivity contribution in [3.8, 4) is 11.1 Å². The predicted octanol–water partition coefficient (Wildman–Crippen LogP) is 5.05. The lowest BCUT2D eigenvalue weighted by Gasteiger charge is -2.13. The smallest absolute Gasteiger partial charge is 0.407 e. The van der Waals surface area contributed by atoms with Crippen molar-refractivity contribution >= 4 is 17.7 Å². The van der Waals surface area contributed by atoms with Crippen LogP contribution in [0.4, 0.5) is 10.5 Å². The Morgan fingerprint density at radius 2 is 1.58 bits per heavy atom. The quantitative estimate of drug-likeness (QED) is 0.628. The molecule has 1 atom stereocenters. The third-order valence-electron chi connectivity index (χ3n) is 5.69. The molecule has 2 N–H and O–H groups in total. The second kappa shape index (κ2) is 8.64. The molecule has 0 radical (unpaired) electrons. The van der Waals surface area contributed by atoms with Crippen molar-refractivity contribution in [2.75, 3.05) is 12.4 Å². The maximum Gasteiger partial charge on any atom is 0.407 e. The molecule has 0 fully saturated rings. The van der Waals surface area contributed by atoms with Crippen LogP contribution in [0.1, 0.15) is 32.6 Å². The molecule has 0 unspecified atom stereocenters. The molecule has 0 spiro atoms. The van der Waals surface area contributed by atoms with Gasteiger partial charge in [-0.1, -0.05) is 53.6 Å². The van der Waals surface area contributed by atoms with Gasteiger partial charge in [0.05, 0.1) is 7.11 Å². The minimum absolute atomic E-state index is 0.0123. The van der Waals surface area contributed by atoms with Gasteiger partial charge in [0, 0.05) is 17.3 Å². The zero-order valence-electron chi connectivity index (χ0n) is 18.0. The molecule has 2 amide bonds. The standard InChI is InChI=1S/C26H26N2O3/c1-16-4-7-18(8-5-16)23-11-6-17(2)12-24(23)25(29)27-21-10-9-19-13-22(15-20(19)14-21)28-26(30)31-3/h4-12,14,22H,13,15H2,1-3H3,(H,27,29)(H,28,30)/t22-/m0/s1. The molecule has 0 heterocycles. The van der Waals surface area contributed by atoms with E-state index in [9.17, 15) is 9.59 Å². The van der Waals surface area contributed by atoms with Crippen LogP contribution >= 0.6 is 0 Å². The number of alkyl carbamates (subject to hydrolysis) is 1. The van der Waals surface area contributed by atoms with Crippen molar-refractivity contribution in [3.05, 3.63) is 88.5 Å².